The molecule has 0 rings (SSSR count). The summed E-state index contributed by atoms with van der Waals surface area (Å²) in [5, 5.41) is 0. The minimum absolute atomic E-state index is 0.905. The lowest BCUT2D eigenvalue weighted by molar-refractivity contribution is 0.458. The number of hydrogen-bond donors (Lipinski definition) is 0. The van der Waals surface area contributed by atoms with E-state index in [1.807, 2.05) is 0 Å². The lowest BCUT2D eigenvalue weighted by Crippen LogP contribution is -1.94. The van der Waals surface area contributed by atoms with Gasteiger partial charge in [0.25, 0.3) is 0 Å². The molecule has 0 aliphatic carbocycles. The van der Waals surface area contributed by atoms with Gasteiger partial charge in [0.15, 0.2) is 0 Å². The van der Waals surface area contributed by atoms with Gasteiger partial charge in [-0.1, -0.05) is 116 Å². The molecule has 0 aromatic heterocycles. The first-order valence-electron chi connectivity index (χ1n) is 10.5. The average Bonchev–Trinajstić information content (AvgIpc) is 2.55. The zero-order chi connectivity index (χ0) is 17.0. The third-order valence-electron chi connectivity index (χ3n) is 4.81. The second kappa shape index (κ2) is 19.8. The zero-order valence-electron chi connectivity index (χ0n) is 16.2. The Bertz CT molecular complexity index is 228. The monoisotopic (exact) mass is 320 g/mol. The number of allylic oxidation sites excluding steroid dienone is 2. The van der Waals surface area contributed by atoms with Crippen LogP contribution >= 0.6 is 0 Å². The SMILES string of the molecule is [CH2]CCCCCCCC=CCCC(C)CCCCCCCC[CH2]. The summed E-state index contributed by atoms with van der Waals surface area (Å²) in [6.07, 6.45) is 27.7. The highest BCUT2D eigenvalue weighted by molar-refractivity contribution is 4.81. The van der Waals surface area contributed by atoms with E-state index in [4.69, 9.17) is 0 Å². The van der Waals surface area contributed by atoms with Crippen LogP contribution in [0.1, 0.15) is 116 Å². The van der Waals surface area contributed by atoms with E-state index in [0.717, 1.165) is 18.8 Å². The van der Waals surface area contributed by atoms with E-state index >= 15 is 0 Å². The van der Waals surface area contributed by atoms with Gasteiger partial charge in [0.05, 0.1) is 0 Å². The Morgan fingerprint density at radius 3 is 1.65 bits per heavy atom. The van der Waals surface area contributed by atoms with Gasteiger partial charge in [0.1, 0.15) is 0 Å². The molecule has 1 unspecified atom stereocenters. The molecule has 0 fully saturated rings. The van der Waals surface area contributed by atoms with E-state index in [9.17, 15) is 0 Å². The molecule has 0 heterocycles. The maximum absolute atomic E-state index is 3.90. The van der Waals surface area contributed by atoms with Gasteiger partial charge < -0.3 is 0 Å². The molecule has 23 heavy (non-hydrogen) atoms. The Morgan fingerprint density at radius 1 is 0.565 bits per heavy atom. The van der Waals surface area contributed by atoms with Crippen molar-refractivity contribution in [3.63, 3.8) is 0 Å². The highest BCUT2D eigenvalue weighted by Crippen LogP contribution is 2.17. The van der Waals surface area contributed by atoms with E-state index < -0.39 is 0 Å². The molecule has 0 saturated heterocycles. The third kappa shape index (κ3) is 19.7. The van der Waals surface area contributed by atoms with E-state index in [2.05, 4.69) is 32.9 Å². The van der Waals surface area contributed by atoms with Crippen LogP contribution in [-0.4, -0.2) is 0 Å². The van der Waals surface area contributed by atoms with Crippen molar-refractivity contribution >= 4 is 0 Å². The highest BCUT2D eigenvalue weighted by atomic mass is 14.1. The summed E-state index contributed by atoms with van der Waals surface area (Å²) in [4.78, 5) is 0. The summed E-state index contributed by atoms with van der Waals surface area (Å²) in [5.74, 6) is 0.905. The molecule has 0 nitrogen and oxygen atoms in total. The summed E-state index contributed by atoms with van der Waals surface area (Å²) in [5.41, 5.74) is 0. The van der Waals surface area contributed by atoms with Crippen LogP contribution in [0.4, 0.5) is 0 Å². The van der Waals surface area contributed by atoms with Crippen molar-refractivity contribution in [2.45, 2.75) is 116 Å². The van der Waals surface area contributed by atoms with Crippen molar-refractivity contribution in [2.24, 2.45) is 5.92 Å². The molecule has 0 aromatic rings. The molecule has 0 aromatic carbocycles. The predicted molar refractivity (Wildman–Crippen MR) is 108 cm³/mol. The van der Waals surface area contributed by atoms with E-state index in [1.54, 1.807) is 0 Å². The van der Waals surface area contributed by atoms with E-state index in [-0.39, 0.29) is 0 Å². The molecule has 0 spiro atoms. The highest BCUT2D eigenvalue weighted by Gasteiger charge is 2.00. The minimum atomic E-state index is 0.905. The van der Waals surface area contributed by atoms with Gasteiger partial charge in [-0.2, -0.15) is 0 Å². The van der Waals surface area contributed by atoms with Gasteiger partial charge in [-0.15, -0.1) is 0 Å². The zero-order valence-corrected chi connectivity index (χ0v) is 16.2. The Morgan fingerprint density at radius 2 is 1.04 bits per heavy atom. The van der Waals surface area contributed by atoms with Crippen LogP contribution in [0.15, 0.2) is 12.2 Å². The van der Waals surface area contributed by atoms with Crippen LogP contribution in [0.25, 0.3) is 0 Å². The fourth-order valence-corrected chi connectivity index (χ4v) is 3.11. The Hall–Kier alpha value is -0.260. The van der Waals surface area contributed by atoms with Crippen LogP contribution in [-0.2, 0) is 0 Å². The first kappa shape index (κ1) is 22.7. The maximum Gasteiger partial charge on any atom is -0.0348 e. The van der Waals surface area contributed by atoms with Crippen LogP contribution < -0.4 is 0 Å². The Labute approximate surface area is 148 Å². The van der Waals surface area contributed by atoms with Crippen molar-refractivity contribution in [1.82, 2.24) is 0 Å². The summed E-state index contributed by atoms with van der Waals surface area (Å²) in [6, 6.07) is 0. The van der Waals surface area contributed by atoms with Crippen molar-refractivity contribution in [3.05, 3.63) is 26.0 Å². The summed E-state index contributed by atoms with van der Waals surface area (Å²) in [6.45, 7) is 10.2. The summed E-state index contributed by atoms with van der Waals surface area (Å²) >= 11 is 0. The van der Waals surface area contributed by atoms with Crippen LogP contribution in [0.2, 0.25) is 0 Å². The lowest BCUT2D eigenvalue weighted by Gasteiger charge is -2.09. The smallest absolute Gasteiger partial charge is 0.0348 e. The first-order chi connectivity index (χ1) is 11.3. The summed E-state index contributed by atoms with van der Waals surface area (Å²) < 4.78 is 0. The molecule has 2 radical (unpaired) electrons. The molecule has 0 amide bonds. The molecule has 0 N–H and O–H groups in total. The minimum Gasteiger partial charge on any atom is -0.0885 e. The van der Waals surface area contributed by atoms with Gasteiger partial charge in [-0.25, -0.2) is 0 Å². The van der Waals surface area contributed by atoms with Crippen LogP contribution in [0, 0.1) is 19.8 Å². The second-order valence-electron chi connectivity index (χ2n) is 7.33. The first-order valence-corrected chi connectivity index (χ1v) is 10.5. The van der Waals surface area contributed by atoms with Crippen molar-refractivity contribution in [1.29, 1.82) is 0 Å². The molecule has 136 valence electrons. The number of rotatable bonds is 18. The quantitative estimate of drug-likeness (QED) is 0.175. The van der Waals surface area contributed by atoms with Crippen LogP contribution in [0.3, 0.4) is 0 Å². The van der Waals surface area contributed by atoms with Gasteiger partial charge in [0, 0.05) is 0 Å². The standard InChI is InChI=1S/C23H44/c1-4-6-8-10-12-13-14-16-18-20-22-23(3)21-19-17-15-11-9-7-5-2/h16,18,23H,1-2,4-15,17,19-22H2,3H3. The molecule has 1 atom stereocenters. The van der Waals surface area contributed by atoms with E-state index in [0.29, 0.717) is 0 Å². The molecule has 0 saturated carbocycles. The van der Waals surface area contributed by atoms with E-state index in [1.165, 1.54) is 96.3 Å². The van der Waals surface area contributed by atoms with Crippen molar-refractivity contribution in [3.8, 4) is 0 Å². The summed E-state index contributed by atoms with van der Waals surface area (Å²) in [7, 11) is 0. The predicted octanol–water partition coefficient (Wildman–Crippen LogP) is 8.48. The number of hydrogen-bond acceptors (Lipinski definition) is 0. The average molecular weight is 321 g/mol. The van der Waals surface area contributed by atoms with Crippen molar-refractivity contribution < 1.29 is 0 Å². The molecular weight excluding hydrogens is 276 g/mol. The maximum atomic E-state index is 3.90. The molecule has 0 heteroatoms. The molecule has 0 aliphatic rings. The normalized spacial score (nSPS) is 13.0. The third-order valence-corrected chi connectivity index (χ3v) is 4.81. The fraction of sp³-hybridized carbons (Fsp3) is 0.826. The topological polar surface area (TPSA) is 0 Å². The van der Waals surface area contributed by atoms with Crippen LogP contribution in [0.5, 0.6) is 0 Å². The Kier molecular flexibility index (Phi) is 19.6. The van der Waals surface area contributed by atoms with Crippen molar-refractivity contribution in [2.75, 3.05) is 0 Å². The number of unbranched alkanes of at least 4 members (excludes halogenated alkanes) is 12. The fourth-order valence-electron chi connectivity index (χ4n) is 3.11. The molecule has 0 aliphatic heterocycles. The largest absolute Gasteiger partial charge is 0.0885 e. The van der Waals surface area contributed by atoms with Gasteiger partial charge >= 0.3 is 0 Å². The second-order valence-corrected chi connectivity index (χ2v) is 7.33. The Balaban J connectivity index is 3.22. The van der Waals surface area contributed by atoms with Gasteiger partial charge in [0.2, 0.25) is 0 Å². The molecule has 0 bridgehead atoms. The van der Waals surface area contributed by atoms with Gasteiger partial charge in [-0.05, 0) is 31.6 Å². The van der Waals surface area contributed by atoms with Gasteiger partial charge in [-0.3, -0.25) is 0 Å². The lowest BCUT2D eigenvalue weighted by atomic mass is 9.97. The molecular formula is C23H44.